The Balaban J connectivity index is 1.63. The minimum atomic E-state index is -0.426. The number of aromatic nitrogens is 3. The van der Waals surface area contributed by atoms with Crippen LogP contribution in [0.3, 0.4) is 0 Å². The zero-order valence-electron chi connectivity index (χ0n) is 11.4. The maximum Gasteiger partial charge on any atom is 0.323 e. The van der Waals surface area contributed by atoms with E-state index in [9.17, 15) is 9.18 Å². The number of halogens is 1. The molecule has 6 nitrogen and oxygen atoms in total. The van der Waals surface area contributed by atoms with E-state index in [1.165, 1.54) is 12.1 Å². The fourth-order valence-electron chi connectivity index (χ4n) is 2.55. The fourth-order valence-corrected chi connectivity index (χ4v) is 2.55. The van der Waals surface area contributed by atoms with Gasteiger partial charge in [-0.05, 0) is 31.0 Å². The van der Waals surface area contributed by atoms with Crippen molar-refractivity contribution in [1.82, 2.24) is 20.1 Å². The van der Waals surface area contributed by atoms with Crippen LogP contribution in [-0.2, 0) is 0 Å². The third-order valence-corrected chi connectivity index (χ3v) is 3.63. The molecule has 0 aliphatic carbocycles. The molecule has 2 aromatic rings. The van der Waals surface area contributed by atoms with Gasteiger partial charge in [-0.2, -0.15) is 5.10 Å². The van der Waals surface area contributed by atoms with Crippen molar-refractivity contribution in [2.75, 3.05) is 18.4 Å². The normalized spacial score (nSPS) is 18.5. The van der Waals surface area contributed by atoms with E-state index in [1.807, 2.05) is 6.07 Å². The van der Waals surface area contributed by atoms with Crippen molar-refractivity contribution in [3.05, 3.63) is 42.1 Å². The maximum absolute atomic E-state index is 12.8. The number of hydrogen-bond acceptors (Lipinski definition) is 3. The minimum Gasteiger partial charge on any atom is -0.324 e. The van der Waals surface area contributed by atoms with Gasteiger partial charge in [0.2, 0.25) is 0 Å². The van der Waals surface area contributed by atoms with Gasteiger partial charge in [-0.1, -0.05) is 0 Å². The first-order valence-electron chi connectivity index (χ1n) is 6.89. The molecule has 1 aliphatic rings. The standard InChI is InChI=1S/C14H16FN5O/c15-11-3-4-13(16-8-11)18-14(21)20-7-1-2-10(9-20)12-5-6-17-19-12/h3-6,8,10H,1-2,7,9H2,(H,17,19)(H,16,18,21)/t10-/m1/s1. The number of amides is 2. The summed E-state index contributed by atoms with van der Waals surface area (Å²) in [4.78, 5) is 17.8. The van der Waals surface area contributed by atoms with Crippen molar-refractivity contribution in [3.8, 4) is 0 Å². The Hall–Kier alpha value is -2.44. The van der Waals surface area contributed by atoms with Gasteiger partial charge in [0.05, 0.1) is 6.20 Å². The third kappa shape index (κ3) is 3.18. The van der Waals surface area contributed by atoms with Crippen LogP contribution >= 0.6 is 0 Å². The number of nitrogens with zero attached hydrogens (tertiary/aromatic N) is 3. The van der Waals surface area contributed by atoms with Crippen molar-refractivity contribution in [3.63, 3.8) is 0 Å². The zero-order chi connectivity index (χ0) is 14.7. The van der Waals surface area contributed by atoms with Gasteiger partial charge in [0, 0.05) is 30.9 Å². The summed E-state index contributed by atoms with van der Waals surface area (Å²) in [6.07, 6.45) is 4.77. The van der Waals surface area contributed by atoms with Crippen LogP contribution in [0, 0.1) is 5.82 Å². The summed E-state index contributed by atoms with van der Waals surface area (Å²) < 4.78 is 12.8. The smallest absolute Gasteiger partial charge is 0.323 e. The Morgan fingerprint density at radius 3 is 3.05 bits per heavy atom. The molecule has 0 radical (unpaired) electrons. The SMILES string of the molecule is O=C(Nc1ccc(F)cn1)N1CCC[C@@H](c2ccn[nH]2)C1. The molecule has 2 N–H and O–H groups in total. The second kappa shape index (κ2) is 5.90. The number of aromatic amines is 1. The van der Waals surface area contributed by atoms with Gasteiger partial charge in [-0.3, -0.25) is 10.4 Å². The number of likely N-dealkylation sites (tertiary alicyclic amines) is 1. The molecule has 1 fully saturated rings. The van der Waals surface area contributed by atoms with Crippen LogP contribution in [0.5, 0.6) is 0 Å². The van der Waals surface area contributed by atoms with Crippen molar-refractivity contribution in [2.24, 2.45) is 0 Å². The van der Waals surface area contributed by atoms with Crippen LogP contribution in [0.25, 0.3) is 0 Å². The van der Waals surface area contributed by atoms with Gasteiger partial charge in [0.15, 0.2) is 0 Å². The molecule has 1 saturated heterocycles. The van der Waals surface area contributed by atoms with E-state index in [-0.39, 0.29) is 11.9 Å². The number of H-pyrrole nitrogens is 1. The van der Waals surface area contributed by atoms with E-state index in [4.69, 9.17) is 0 Å². The molecule has 2 aromatic heterocycles. The second-order valence-electron chi connectivity index (χ2n) is 5.09. The molecule has 7 heteroatoms. The van der Waals surface area contributed by atoms with E-state index in [2.05, 4.69) is 20.5 Å². The first kappa shape index (κ1) is 13.5. The molecule has 0 aromatic carbocycles. The maximum atomic E-state index is 12.8. The van der Waals surface area contributed by atoms with Crippen molar-refractivity contribution >= 4 is 11.8 Å². The quantitative estimate of drug-likeness (QED) is 0.891. The molecule has 0 spiro atoms. The first-order valence-corrected chi connectivity index (χ1v) is 6.89. The predicted octanol–water partition coefficient (Wildman–Crippen LogP) is 2.36. The average molecular weight is 289 g/mol. The lowest BCUT2D eigenvalue weighted by atomic mass is 9.95. The number of pyridine rings is 1. The Morgan fingerprint density at radius 2 is 2.33 bits per heavy atom. The number of anilines is 1. The minimum absolute atomic E-state index is 0.210. The molecule has 110 valence electrons. The summed E-state index contributed by atoms with van der Waals surface area (Å²) in [6.45, 7) is 1.34. The second-order valence-corrected chi connectivity index (χ2v) is 5.09. The summed E-state index contributed by atoms with van der Waals surface area (Å²) in [5, 5.41) is 9.60. The fraction of sp³-hybridized carbons (Fsp3) is 0.357. The molecule has 1 atom stereocenters. The molecule has 1 aliphatic heterocycles. The lowest BCUT2D eigenvalue weighted by Crippen LogP contribution is -2.41. The molecule has 0 saturated carbocycles. The highest BCUT2D eigenvalue weighted by Gasteiger charge is 2.25. The summed E-state index contributed by atoms with van der Waals surface area (Å²) >= 11 is 0. The third-order valence-electron chi connectivity index (χ3n) is 3.63. The van der Waals surface area contributed by atoms with Gasteiger partial charge in [-0.15, -0.1) is 0 Å². The molecule has 3 rings (SSSR count). The number of nitrogens with one attached hydrogen (secondary N) is 2. The number of piperidine rings is 1. The van der Waals surface area contributed by atoms with Crippen LogP contribution in [0.1, 0.15) is 24.5 Å². The largest absolute Gasteiger partial charge is 0.324 e. The van der Waals surface area contributed by atoms with Crippen LogP contribution in [0.2, 0.25) is 0 Å². The summed E-state index contributed by atoms with van der Waals surface area (Å²) in [5.41, 5.74) is 1.05. The zero-order valence-corrected chi connectivity index (χ0v) is 11.4. The predicted molar refractivity (Wildman–Crippen MR) is 75.3 cm³/mol. The molecular formula is C14H16FN5O. The van der Waals surface area contributed by atoms with E-state index < -0.39 is 5.82 Å². The Labute approximate surface area is 121 Å². The topological polar surface area (TPSA) is 73.9 Å². The number of carbonyl (C=O) groups is 1. The Kier molecular flexibility index (Phi) is 3.81. The van der Waals surface area contributed by atoms with Gasteiger partial charge in [0.1, 0.15) is 11.6 Å². The van der Waals surface area contributed by atoms with E-state index in [0.717, 1.165) is 24.7 Å². The Bertz CT molecular complexity index is 598. The van der Waals surface area contributed by atoms with Crippen molar-refractivity contribution in [1.29, 1.82) is 0 Å². The molecular weight excluding hydrogens is 273 g/mol. The van der Waals surface area contributed by atoms with Crippen LogP contribution < -0.4 is 5.32 Å². The molecule has 2 amide bonds. The lowest BCUT2D eigenvalue weighted by molar-refractivity contribution is 0.192. The summed E-state index contributed by atoms with van der Waals surface area (Å²) in [7, 11) is 0. The Morgan fingerprint density at radius 1 is 1.43 bits per heavy atom. The van der Waals surface area contributed by atoms with Gasteiger partial charge in [0.25, 0.3) is 0 Å². The van der Waals surface area contributed by atoms with Crippen LogP contribution in [0.4, 0.5) is 15.0 Å². The summed E-state index contributed by atoms with van der Waals surface area (Å²) in [5.74, 6) is 0.198. The van der Waals surface area contributed by atoms with Crippen LogP contribution in [-0.4, -0.2) is 39.2 Å². The summed E-state index contributed by atoms with van der Waals surface area (Å²) in [6, 6.07) is 4.45. The average Bonchev–Trinajstić information content (AvgIpc) is 3.04. The lowest BCUT2D eigenvalue weighted by Gasteiger charge is -2.32. The van der Waals surface area contributed by atoms with Crippen molar-refractivity contribution in [2.45, 2.75) is 18.8 Å². The molecule has 3 heterocycles. The van der Waals surface area contributed by atoms with Gasteiger partial charge >= 0.3 is 6.03 Å². The van der Waals surface area contributed by atoms with E-state index >= 15 is 0 Å². The number of hydrogen-bond donors (Lipinski definition) is 2. The van der Waals surface area contributed by atoms with Gasteiger partial charge < -0.3 is 4.90 Å². The molecule has 0 bridgehead atoms. The highest BCUT2D eigenvalue weighted by molar-refractivity contribution is 5.88. The highest BCUT2D eigenvalue weighted by atomic mass is 19.1. The van der Waals surface area contributed by atoms with Crippen molar-refractivity contribution < 1.29 is 9.18 Å². The van der Waals surface area contributed by atoms with Crippen LogP contribution in [0.15, 0.2) is 30.6 Å². The highest BCUT2D eigenvalue weighted by Crippen LogP contribution is 2.25. The number of carbonyl (C=O) groups excluding carboxylic acids is 1. The van der Waals surface area contributed by atoms with E-state index in [0.29, 0.717) is 18.9 Å². The number of rotatable bonds is 2. The first-order chi connectivity index (χ1) is 10.2. The van der Waals surface area contributed by atoms with E-state index in [1.54, 1.807) is 11.1 Å². The monoisotopic (exact) mass is 289 g/mol. The molecule has 21 heavy (non-hydrogen) atoms. The number of urea groups is 1. The molecule has 0 unspecified atom stereocenters. The van der Waals surface area contributed by atoms with Gasteiger partial charge in [-0.25, -0.2) is 14.2 Å².